The van der Waals surface area contributed by atoms with E-state index in [-0.39, 0.29) is 11.9 Å². The number of rotatable bonds is 5. The molecule has 0 aliphatic carbocycles. The number of aromatic amines is 1. The van der Waals surface area contributed by atoms with Crippen molar-refractivity contribution in [3.63, 3.8) is 0 Å². The zero-order chi connectivity index (χ0) is 18.1. The number of nitrogens with zero attached hydrogens (tertiary/aromatic N) is 1. The van der Waals surface area contributed by atoms with Crippen LogP contribution in [0, 0.1) is 0 Å². The van der Waals surface area contributed by atoms with E-state index in [0.717, 1.165) is 27.3 Å². The summed E-state index contributed by atoms with van der Waals surface area (Å²) in [5.41, 5.74) is 3.42. The second-order valence-electron chi connectivity index (χ2n) is 6.68. The van der Waals surface area contributed by atoms with Crippen molar-refractivity contribution in [2.75, 3.05) is 0 Å². The van der Waals surface area contributed by atoms with Gasteiger partial charge in [0.2, 0.25) is 5.91 Å². The highest BCUT2D eigenvalue weighted by molar-refractivity contribution is 9.10. The quantitative estimate of drug-likeness (QED) is 0.495. The van der Waals surface area contributed by atoms with Gasteiger partial charge in [-0.15, -0.1) is 0 Å². The third-order valence-electron chi connectivity index (χ3n) is 4.66. The Morgan fingerprint density at radius 3 is 2.96 bits per heavy atom. The molecule has 26 heavy (non-hydrogen) atoms. The van der Waals surface area contributed by atoms with Crippen molar-refractivity contribution in [1.82, 2.24) is 14.9 Å². The number of fused-ring (bicyclic) bond motifs is 2. The maximum Gasteiger partial charge on any atom is 0.240 e. The van der Waals surface area contributed by atoms with E-state index in [4.69, 9.17) is 0 Å². The molecule has 4 rings (SSSR count). The van der Waals surface area contributed by atoms with Crippen molar-refractivity contribution in [3.8, 4) is 0 Å². The fourth-order valence-electron chi connectivity index (χ4n) is 3.47. The van der Waals surface area contributed by atoms with Crippen LogP contribution in [0.5, 0.6) is 0 Å². The van der Waals surface area contributed by atoms with Gasteiger partial charge in [0.25, 0.3) is 0 Å². The summed E-state index contributed by atoms with van der Waals surface area (Å²) in [6.45, 7) is 2.37. The van der Waals surface area contributed by atoms with Crippen molar-refractivity contribution in [2.24, 2.45) is 0 Å². The second-order valence-corrected chi connectivity index (χ2v) is 7.59. The van der Waals surface area contributed by atoms with E-state index in [9.17, 15) is 4.79 Å². The van der Waals surface area contributed by atoms with Gasteiger partial charge in [0.15, 0.2) is 0 Å². The molecule has 2 aromatic heterocycles. The van der Waals surface area contributed by atoms with E-state index < -0.39 is 0 Å². The van der Waals surface area contributed by atoms with Crippen molar-refractivity contribution < 1.29 is 4.79 Å². The van der Waals surface area contributed by atoms with Gasteiger partial charge in [-0.05, 0) is 49.2 Å². The monoisotopic (exact) mass is 409 g/mol. The minimum absolute atomic E-state index is 0.0257. The molecule has 0 radical (unpaired) electrons. The number of carbonyl (C=O) groups is 1. The number of nitrogens with one attached hydrogen (secondary N) is 2. The van der Waals surface area contributed by atoms with Crippen LogP contribution in [0.25, 0.3) is 21.8 Å². The van der Waals surface area contributed by atoms with Crippen molar-refractivity contribution in [1.29, 1.82) is 0 Å². The Balaban J connectivity index is 1.42. The highest BCUT2D eigenvalue weighted by atomic mass is 79.9. The van der Waals surface area contributed by atoms with Crippen LogP contribution in [0.3, 0.4) is 0 Å². The number of aromatic nitrogens is 2. The summed E-state index contributed by atoms with van der Waals surface area (Å²) in [6, 6.07) is 16.4. The van der Waals surface area contributed by atoms with Gasteiger partial charge in [0.05, 0.1) is 0 Å². The SMILES string of the molecule is C[C@H](Cc1c[nH]c2ccccc12)NC(=O)Cn1ccc2cc(Br)ccc21. The number of hydrogen-bond donors (Lipinski definition) is 2. The van der Waals surface area contributed by atoms with E-state index in [0.29, 0.717) is 6.54 Å². The lowest BCUT2D eigenvalue weighted by Crippen LogP contribution is -2.36. The van der Waals surface area contributed by atoms with E-state index in [1.54, 1.807) is 0 Å². The van der Waals surface area contributed by atoms with E-state index in [2.05, 4.69) is 44.4 Å². The standard InChI is InChI=1S/C21H20BrN3O/c1-14(10-16-12-23-19-5-3-2-4-18(16)19)24-21(26)13-25-9-8-15-11-17(22)6-7-20(15)25/h2-9,11-12,14,23H,10,13H2,1H3,(H,24,26)/t14-/m1/s1. The molecule has 132 valence electrons. The Labute approximate surface area is 160 Å². The number of amides is 1. The second kappa shape index (κ2) is 7.00. The molecule has 1 atom stereocenters. The summed E-state index contributed by atoms with van der Waals surface area (Å²) in [4.78, 5) is 15.8. The molecule has 0 spiro atoms. The predicted octanol–water partition coefficient (Wildman–Crippen LogP) is 4.63. The average molecular weight is 410 g/mol. The number of halogens is 1. The molecule has 0 aliphatic rings. The zero-order valence-electron chi connectivity index (χ0n) is 14.5. The highest BCUT2D eigenvalue weighted by Gasteiger charge is 2.12. The van der Waals surface area contributed by atoms with Crippen LogP contribution in [0.2, 0.25) is 0 Å². The van der Waals surface area contributed by atoms with Crippen LogP contribution in [0.4, 0.5) is 0 Å². The Hall–Kier alpha value is -2.53. The van der Waals surface area contributed by atoms with Gasteiger partial charge in [-0.25, -0.2) is 0 Å². The summed E-state index contributed by atoms with van der Waals surface area (Å²) in [7, 11) is 0. The molecule has 0 saturated carbocycles. The van der Waals surface area contributed by atoms with Crippen molar-refractivity contribution in [3.05, 3.63) is 71.0 Å². The van der Waals surface area contributed by atoms with Crippen molar-refractivity contribution >= 4 is 43.6 Å². The predicted molar refractivity (Wildman–Crippen MR) is 109 cm³/mol. The smallest absolute Gasteiger partial charge is 0.240 e. The molecule has 0 fully saturated rings. The van der Waals surface area contributed by atoms with Gasteiger partial charge in [-0.1, -0.05) is 34.1 Å². The minimum Gasteiger partial charge on any atom is -0.361 e. The third-order valence-corrected chi connectivity index (χ3v) is 5.15. The molecule has 1 amide bonds. The maximum absolute atomic E-state index is 12.5. The van der Waals surface area contributed by atoms with Crippen LogP contribution >= 0.6 is 15.9 Å². The number of carbonyl (C=O) groups excluding carboxylic acids is 1. The summed E-state index contributed by atoms with van der Waals surface area (Å²) >= 11 is 3.48. The third kappa shape index (κ3) is 3.40. The fourth-order valence-corrected chi connectivity index (χ4v) is 3.84. The molecule has 4 nitrogen and oxygen atoms in total. The first-order chi connectivity index (χ1) is 12.6. The van der Waals surface area contributed by atoms with Crippen LogP contribution in [0.15, 0.2) is 65.4 Å². The highest BCUT2D eigenvalue weighted by Crippen LogP contribution is 2.21. The first-order valence-electron chi connectivity index (χ1n) is 8.69. The largest absolute Gasteiger partial charge is 0.361 e. The van der Waals surface area contributed by atoms with Gasteiger partial charge in [0, 0.05) is 44.7 Å². The molecule has 0 saturated heterocycles. The Kier molecular flexibility index (Phi) is 4.55. The van der Waals surface area contributed by atoms with Gasteiger partial charge < -0.3 is 14.9 Å². The average Bonchev–Trinajstić information content (AvgIpc) is 3.19. The van der Waals surface area contributed by atoms with Crippen LogP contribution < -0.4 is 5.32 Å². The molecular weight excluding hydrogens is 390 g/mol. The molecule has 4 aromatic rings. The molecule has 0 bridgehead atoms. The number of H-pyrrole nitrogens is 1. The van der Waals surface area contributed by atoms with Crippen LogP contribution in [-0.2, 0) is 17.8 Å². The molecule has 2 aromatic carbocycles. The lowest BCUT2D eigenvalue weighted by Gasteiger charge is -2.14. The number of para-hydroxylation sites is 1. The lowest BCUT2D eigenvalue weighted by atomic mass is 10.1. The first-order valence-corrected chi connectivity index (χ1v) is 9.48. The molecule has 5 heteroatoms. The van der Waals surface area contributed by atoms with E-state index >= 15 is 0 Å². The topological polar surface area (TPSA) is 49.8 Å². The minimum atomic E-state index is 0.0257. The molecule has 0 unspecified atom stereocenters. The summed E-state index contributed by atoms with van der Waals surface area (Å²) < 4.78 is 3.02. The van der Waals surface area contributed by atoms with Gasteiger partial charge >= 0.3 is 0 Å². The Bertz CT molecular complexity index is 1080. The van der Waals surface area contributed by atoms with E-state index in [1.807, 2.05) is 54.2 Å². The van der Waals surface area contributed by atoms with Crippen LogP contribution in [0.1, 0.15) is 12.5 Å². The normalized spacial score (nSPS) is 12.5. The first kappa shape index (κ1) is 16.9. The maximum atomic E-state index is 12.5. The zero-order valence-corrected chi connectivity index (χ0v) is 16.1. The van der Waals surface area contributed by atoms with E-state index in [1.165, 1.54) is 10.9 Å². The lowest BCUT2D eigenvalue weighted by molar-refractivity contribution is -0.122. The molecule has 2 N–H and O–H groups in total. The summed E-state index contributed by atoms with van der Waals surface area (Å²) in [5, 5.41) is 5.46. The number of benzene rings is 2. The molecule has 2 heterocycles. The summed E-state index contributed by atoms with van der Waals surface area (Å²) in [5.74, 6) is 0.0257. The molecular formula is C21H20BrN3O. The summed E-state index contributed by atoms with van der Waals surface area (Å²) in [6.07, 6.45) is 4.79. The molecule has 0 aliphatic heterocycles. The Morgan fingerprint density at radius 1 is 1.23 bits per heavy atom. The van der Waals surface area contributed by atoms with Crippen molar-refractivity contribution in [2.45, 2.75) is 25.9 Å². The van der Waals surface area contributed by atoms with Gasteiger partial charge in [-0.2, -0.15) is 0 Å². The number of hydrogen-bond acceptors (Lipinski definition) is 1. The fraction of sp³-hybridized carbons (Fsp3) is 0.190. The van der Waals surface area contributed by atoms with Gasteiger partial charge in [0.1, 0.15) is 6.54 Å². The Morgan fingerprint density at radius 2 is 2.08 bits per heavy atom. The van der Waals surface area contributed by atoms with Gasteiger partial charge in [-0.3, -0.25) is 4.79 Å². The van der Waals surface area contributed by atoms with Crippen LogP contribution in [-0.4, -0.2) is 21.5 Å².